The van der Waals surface area contributed by atoms with Crippen molar-refractivity contribution in [2.24, 2.45) is 0 Å². The van der Waals surface area contributed by atoms with Crippen molar-refractivity contribution in [2.45, 2.75) is 26.3 Å². The summed E-state index contributed by atoms with van der Waals surface area (Å²) in [5, 5.41) is 11.0. The Bertz CT molecular complexity index is 962. The van der Waals surface area contributed by atoms with Gasteiger partial charge in [0.2, 0.25) is 0 Å². The molecule has 3 rings (SSSR count). The quantitative estimate of drug-likeness (QED) is 0.398. The highest BCUT2D eigenvalue weighted by molar-refractivity contribution is 6.46. The molecule has 0 aliphatic carbocycles. The second-order valence-corrected chi connectivity index (χ2v) is 8.02. The molecule has 1 aliphatic heterocycles. The fraction of sp³-hybridized carbons (Fsp3) is 0.360. The van der Waals surface area contributed by atoms with Crippen LogP contribution in [-0.2, 0) is 9.59 Å². The SMILES string of the molecule is CCOc1ccc([C@@H]2/C(=C(\O)c3ccc(C)cc3)C(=O)C(=O)N2CCCN(C)C)cc1. The molecule has 1 aliphatic rings. The van der Waals surface area contributed by atoms with Crippen molar-refractivity contribution in [3.05, 3.63) is 70.8 Å². The zero-order chi connectivity index (χ0) is 22.5. The Morgan fingerprint density at radius 2 is 1.71 bits per heavy atom. The molecular weight excluding hydrogens is 392 g/mol. The second kappa shape index (κ2) is 9.79. The van der Waals surface area contributed by atoms with Gasteiger partial charge >= 0.3 is 0 Å². The topological polar surface area (TPSA) is 70.1 Å². The molecule has 1 amide bonds. The van der Waals surface area contributed by atoms with Crippen molar-refractivity contribution in [1.82, 2.24) is 9.80 Å². The minimum Gasteiger partial charge on any atom is -0.507 e. The van der Waals surface area contributed by atoms with Crippen LogP contribution in [0.2, 0.25) is 0 Å². The maximum atomic E-state index is 13.0. The first-order valence-electron chi connectivity index (χ1n) is 10.6. The highest BCUT2D eigenvalue weighted by atomic mass is 16.5. The number of aryl methyl sites for hydroxylation is 1. The third-order valence-corrected chi connectivity index (χ3v) is 5.38. The van der Waals surface area contributed by atoms with E-state index in [4.69, 9.17) is 4.74 Å². The monoisotopic (exact) mass is 422 g/mol. The van der Waals surface area contributed by atoms with Crippen molar-refractivity contribution in [3.8, 4) is 5.75 Å². The zero-order valence-electron chi connectivity index (χ0n) is 18.6. The third-order valence-electron chi connectivity index (χ3n) is 5.38. The van der Waals surface area contributed by atoms with E-state index in [2.05, 4.69) is 0 Å². The van der Waals surface area contributed by atoms with Crippen LogP contribution in [0.3, 0.4) is 0 Å². The van der Waals surface area contributed by atoms with Gasteiger partial charge in [-0.3, -0.25) is 9.59 Å². The first-order chi connectivity index (χ1) is 14.8. The Morgan fingerprint density at radius 3 is 2.29 bits per heavy atom. The average Bonchev–Trinajstić information content (AvgIpc) is 2.99. The molecule has 164 valence electrons. The molecule has 1 saturated heterocycles. The summed E-state index contributed by atoms with van der Waals surface area (Å²) in [5.41, 5.74) is 2.46. The third kappa shape index (κ3) is 4.97. The Kier molecular flexibility index (Phi) is 7.13. The van der Waals surface area contributed by atoms with E-state index in [-0.39, 0.29) is 11.3 Å². The van der Waals surface area contributed by atoms with Crippen LogP contribution in [0, 0.1) is 6.92 Å². The fourth-order valence-electron chi connectivity index (χ4n) is 3.79. The highest BCUT2D eigenvalue weighted by Gasteiger charge is 2.45. The molecule has 0 unspecified atom stereocenters. The van der Waals surface area contributed by atoms with Crippen molar-refractivity contribution < 1.29 is 19.4 Å². The van der Waals surface area contributed by atoms with E-state index in [9.17, 15) is 14.7 Å². The lowest BCUT2D eigenvalue weighted by Gasteiger charge is -2.26. The van der Waals surface area contributed by atoms with Gasteiger partial charge in [0.05, 0.1) is 18.2 Å². The lowest BCUT2D eigenvalue weighted by Crippen LogP contribution is -2.32. The van der Waals surface area contributed by atoms with E-state index < -0.39 is 17.7 Å². The fourth-order valence-corrected chi connectivity index (χ4v) is 3.79. The lowest BCUT2D eigenvalue weighted by molar-refractivity contribution is -0.139. The summed E-state index contributed by atoms with van der Waals surface area (Å²) in [4.78, 5) is 29.5. The smallest absolute Gasteiger partial charge is 0.295 e. The van der Waals surface area contributed by atoms with Crippen molar-refractivity contribution in [2.75, 3.05) is 33.8 Å². The minimum absolute atomic E-state index is 0.128. The zero-order valence-corrected chi connectivity index (χ0v) is 18.6. The number of hydrogen-bond donors (Lipinski definition) is 1. The number of rotatable bonds is 8. The van der Waals surface area contributed by atoms with Crippen LogP contribution in [0.4, 0.5) is 0 Å². The predicted molar refractivity (Wildman–Crippen MR) is 121 cm³/mol. The van der Waals surface area contributed by atoms with Gasteiger partial charge in [0, 0.05) is 12.1 Å². The average molecular weight is 423 g/mol. The van der Waals surface area contributed by atoms with Crippen LogP contribution in [-0.4, -0.2) is 60.4 Å². The second-order valence-electron chi connectivity index (χ2n) is 8.02. The molecule has 1 N–H and O–H groups in total. The summed E-state index contributed by atoms with van der Waals surface area (Å²) < 4.78 is 5.52. The molecule has 2 aromatic rings. The number of carbonyl (C=O) groups is 2. The molecule has 6 nitrogen and oxygen atoms in total. The lowest BCUT2D eigenvalue weighted by atomic mass is 9.95. The van der Waals surface area contributed by atoms with Gasteiger partial charge in [0.15, 0.2) is 0 Å². The molecular formula is C25H30N2O4. The van der Waals surface area contributed by atoms with Crippen LogP contribution in [0.5, 0.6) is 5.75 Å². The number of hydrogen-bond acceptors (Lipinski definition) is 5. The largest absolute Gasteiger partial charge is 0.507 e. The van der Waals surface area contributed by atoms with Gasteiger partial charge in [-0.1, -0.05) is 42.0 Å². The summed E-state index contributed by atoms with van der Waals surface area (Å²) in [6.45, 7) is 5.63. The number of Topliss-reactive ketones (excluding diaryl/α,β-unsaturated/α-hetero) is 1. The molecule has 1 atom stereocenters. The van der Waals surface area contributed by atoms with Crippen molar-refractivity contribution >= 4 is 17.4 Å². The summed E-state index contributed by atoms with van der Waals surface area (Å²) in [6.07, 6.45) is 0.720. The molecule has 0 radical (unpaired) electrons. The number of benzene rings is 2. The van der Waals surface area contributed by atoms with Crippen molar-refractivity contribution in [3.63, 3.8) is 0 Å². The minimum atomic E-state index is -0.651. The van der Waals surface area contributed by atoms with Gasteiger partial charge in [-0.05, 0) is 58.6 Å². The van der Waals surface area contributed by atoms with Crippen LogP contribution in [0.15, 0.2) is 54.1 Å². The summed E-state index contributed by atoms with van der Waals surface area (Å²) >= 11 is 0. The molecule has 0 saturated carbocycles. The van der Waals surface area contributed by atoms with Crippen LogP contribution >= 0.6 is 0 Å². The molecule has 0 bridgehead atoms. The number of amides is 1. The van der Waals surface area contributed by atoms with Crippen LogP contribution in [0.25, 0.3) is 5.76 Å². The summed E-state index contributed by atoms with van der Waals surface area (Å²) in [7, 11) is 3.94. The number of ether oxygens (including phenoxy) is 1. The number of carbonyl (C=O) groups excluding carboxylic acids is 2. The van der Waals surface area contributed by atoms with Crippen LogP contribution in [0.1, 0.15) is 36.1 Å². The number of nitrogens with zero attached hydrogens (tertiary/aromatic N) is 2. The maximum Gasteiger partial charge on any atom is 0.295 e. The normalized spacial score (nSPS) is 18.1. The van der Waals surface area contributed by atoms with Gasteiger partial charge < -0.3 is 19.6 Å². The molecule has 31 heavy (non-hydrogen) atoms. The van der Waals surface area contributed by atoms with Crippen LogP contribution < -0.4 is 4.74 Å². The molecule has 2 aromatic carbocycles. The van der Waals surface area contributed by atoms with Crippen molar-refractivity contribution in [1.29, 1.82) is 0 Å². The Labute approximate surface area is 183 Å². The number of ketones is 1. The van der Waals surface area contributed by atoms with Gasteiger partial charge in [0.25, 0.3) is 11.7 Å². The van der Waals surface area contributed by atoms with Gasteiger partial charge in [0.1, 0.15) is 11.5 Å². The first kappa shape index (κ1) is 22.6. The summed E-state index contributed by atoms with van der Waals surface area (Å²) in [5.74, 6) is -0.658. The van der Waals surface area contributed by atoms with Gasteiger partial charge in [-0.15, -0.1) is 0 Å². The molecule has 6 heteroatoms. The van der Waals surface area contributed by atoms with E-state index in [1.54, 1.807) is 17.0 Å². The van der Waals surface area contributed by atoms with E-state index >= 15 is 0 Å². The molecule has 1 heterocycles. The Morgan fingerprint density at radius 1 is 1.06 bits per heavy atom. The number of aliphatic hydroxyl groups excluding tert-OH is 1. The van der Waals surface area contributed by atoms with E-state index in [0.717, 1.165) is 24.1 Å². The molecule has 0 aromatic heterocycles. The molecule has 1 fully saturated rings. The summed E-state index contributed by atoms with van der Waals surface area (Å²) in [6, 6.07) is 14.0. The first-order valence-corrected chi connectivity index (χ1v) is 10.6. The van der Waals surface area contributed by atoms with E-state index in [1.165, 1.54) is 0 Å². The van der Waals surface area contributed by atoms with E-state index in [0.29, 0.717) is 24.5 Å². The van der Waals surface area contributed by atoms with Gasteiger partial charge in [-0.25, -0.2) is 0 Å². The Balaban J connectivity index is 2.05. The standard InChI is InChI=1S/C25H30N2O4/c1-5-31-20-13-11-18(12-14-20)22-21(23(28)19-9-7-17(2)8-10-19)24(29)25(30)27(22)16-6-15-26(3)4/h7-14,22,28H,5-6,15-16H2,1-4H3/b23-21+/t22-/m1/s1. The predicted octanol–water partition coefficient (Wildman–Crippen LogP) is 3.77. The maximum absolute atomic E-state index is 13.0. The Hall–Kier alpha value is -3.12. The number of aliphatic hydroxyl groups is 1. The van der Waals surface area contributed by atoms with Gasteiger partial charge in [-0.2, -0.15) is 0 Å². The number of likely N-dealkylation sites (tertiary alicyclic amines) is 1. The van der Waals surface area contributed by atoms with E-state index in [1.807, 2.05) is 69.2 Å². The molecule has 0 spiro atoms. The highest BCUT2D eigenvalue weighted by Crippen LogP contribution is 2.39.